The van der Waals surface area contributed by atoms with Gasteiger partial charge in [0.15, 0.2) is 11.5 Å². The van der Waals surface area contributed by atoms with E-state index in [1.165, 1.54) is 18.2 Å². The van der Waals surface area contributed by atoms with Gasteiger partial charge in [0.1, 0.15) is 11.6 Å². The summed E-state index contributed by atoms with van der Waals surface area (Å²) in [7, 11) is 0. The Labute approximate surface area is 287 Å². The van der Waals surface area contributed by atoms with Crippen LogP contribution in [0.1, 0.15) is 36.6 Å². The zero-order valence-electron chi connectivity index (χ0n) is 27.3. The molecule has 0 radical (unpaired) electrons. The molecule has 0 bridgehead atoms. The Bertz CT molecular complexity index is 1870. The van der Waals surface area contributed by atoms with Crippen LogP contribution >= 0.6 is 11.8 Å². The molecule has 1 aliphatic rings. The molecule has 1 aliphatic heterocycles. The van der Waals surface area contributed by atoms with Crippen molar-refractivity contribution < 1.29 is 31.8 Å². The number of rotatable bonds is 15. The smallest absolute Gasteiger partial charge is 0.454 e. The van der Waals surface area contributed by atoms with Crippen molar-refractivity contribution in [2.75, 3.05) is 13.0 Å². The maximum atomic E-state index is 13.8. The van der Waals surface area contributed by atoms with E-state index >= 15 is 0 Å². The van der Waals surface area contributed by atoms with Crippen molar-refractivity contribution in [2.45, 2.75) is 63.4 Å². The van der Waals surface area contributed by atoms with Crippen molar-refractivity contribution >= 4 is 11.8 Å². The Morgan fingerprint density at radius 2 is 1.59 bits per heavy atom. The van der Waals surface area contributed by atoms with Gasteiger partial charge in [-0.3, -0.25) is 4.90 Å². The maximum absolute atomic E-state index is 13.8. The second-order valence-corrected chi connectivity index (χ2v) is 12.7. The molecule has 0 atom stereocenters. The number of ether oxygens (including phenoxy) is 3. The van der Waals surface area contributed by atoms with E-state index in [1.807, 2.05) is 48.7 Å². The number of aromatic nitrogens is 2. The predicted molar refractivity (Wildman–Crippen MR) is 183 cm³/mol. The van der Waals surface area contributed by atoms with Crippen molar-refractivity contribution in [1.82, 2.24) is 14.5 Å². The number of unbranched alkanes of at least 4 members (excludes halogenated alkanes) is 1. The monoisotopic (exact) mass is 691 g/mol. The van der Waals surface area contributed by atoms with Gasteiger partial charge in [-0.2, -0.15) is 17.6 Å². The Morgan fingerprint density at radius 3 is 2.35 bits per heavy atom. The van der Waals surface area contributed by atoms with Gasteiger partial charge in [0.05, 0.1) is 11.4 Å². The number of hydrogen-bond acceptors (Lipinski definition) is 6. The molecule has 0 saturated heterocycles. The SMILES string of the molecule is CCCCn1c(-c2ccccc2)nc(-c2cccc(SC)c2)c1CN(Cc1cccc(OC(F)(F)C(F)F)c1)Cc1ccc2c(c1)OCO2. The van der Waals surface area contributed by atoms with Crippen molar-refractivity contribution in [1.29, 1.82) is 0 Å². The molecule has 0 spiro atoms. The quantitative estimate of drug-likeness (QED) is 0.0805. The van der Waals surface area contributed by atoms with Gasteiger partial charge < -0.3 is 18.8 Å². The number of fused-ring (bicyclic) bond motifs is 1. The number of hydrogen-bond donors (Lipinski definition) is 0. The number of benzene rings is 4. The molecule has 0 unspecified atom stereocenters. The zero-order valence-corrected chi connectivity index (χ0v) is 28.1. The maximum Gasteiger partial charge on any atom is 0.461 e. The molecule has 11 heteroatoms. The Morgan fingerprint density at radius 1 is 0.857 bits per heavy atom. The summed E-state index contributed by atoms with van der Waals surface area (Å²) < 4.78 is 71.5. The number of thioether (sulfide) groups is 1. The number of halogens is 4. The van der Waals surface area contributed by atoms with E-state index in [0.717, 1.165) is 58.2 Å². The molecule has 1 aromatic heterocycles. The van der Waals surface area contributed by atoms with Crippen molar-refractivity contribution in [3.63, 3.8) is 0 Å². The van der Waals surface area contributed by atoms with Crippen LogP contribution in [0.25, 0.3) is 22.6 Å². The highest BCUT2D eigenvalue weighted by Gasteiger charge is 2.44. The number of imidazole rings is 1. The molecule has 5 aromatic rings. The van der Waals surface area contributed by atoms with E-state index in [-0.39, 0.29) is 12.5 Å². The molecule has 4 aromatic carbocycles. The van der Waals surface area contributed by atoms with E-state index in [4.69, 9.17) is 14.5 Å². The first-order valence-corrected chi connectivity index (χ1v) is 17.3. The van der Waals surface area contributed by atoms with Crippen LogP contribution in [-0.4, -0.2) is 40.0 Å². The minimum atomic E-state index is -4.61. The Kier molecular flexibility index (Phi) is 10.8. The molecule has 6 nitrogen and oxygen atoms in total. The minimum Gasteiger partial charge on any atom is -0.454 e. The molecule has 6 rings (SSSR count). The summed E-state index contributed by atoms with van der Waals surface area (Å²) in [6.45, 7) is 4.25. The van der Waals surface area contributed by atoms with E-state index in [0.29, 0.717) is 36.7 Å². The normalized spacial score (nSPS) is 12.7. The molecule has 2 heterocycles. The first-order valence-electron chi connectivity index (χ1n) is 16.1. The van der Waals surface area contributed by atoms with Crippen LogP contribution in [0.4, 0.5) is 17.6 Å². The third kappa shape index (κ3) is 8.22. The molecular weight excluding hydrogens is 654 g/mol. The standard InChI is InChI=1S/C38H37F4N3O3S/c1-3-4-18-45-32(35(29-13-9-15-31(21-29)49-2)43-36(45)28-11-6-5-7-12-28)24-44(23-27-16-17-33-34(20-27)47-25-46-33)22-26-10-8-14-30(19-26)48-38(41,42)37(39)40/h5-17,19-21,37H,3-4,18,22-25H2,1-2H3. The molecule has 0 aliphatic carbocycles. The van der Waals surface area contributed by atoms with Gasteiger partial charge in [-0.25, -0.2) is 4.98 Å². The number of nitrogens with zero attached hydrogens (tertiary/aromatic N) is 3. The number of alkyl halides is 4. The van der Waals surface area contributed by atoms with Gasteiger partial charge in [0.2, 0.25) is 6.79 Å². The van der Waals surface area contributed by atoms with Crippen molar-refractivity contribution in [2.24, 2.45) is 0 Å². The van der Waals surface area contributed by atoms with Crippen molar-refractivity contribution in [3.05, 3.63) is 114 Å². The fourth-order valence-electron chi connectivity index (χ4n) is 5.86. The van der Waals surface area contributed by atoms with Gasteiger partial charge >= 0.3 is 12.5 Å². The highest BCUT2D eigenvalue weighted by molar-refractivity contribution is 7.98. The second-order valence-electron chi connectivity index (χ2n) is 11.8. The molecule has 0 saturated carbocycles. The van der Waals surface area contributed by atoms with Gasteiger partial charge in [0, 0.05) is 42.2 Å². The predicted octanol–water partition coefficient (Wildman–Crippen LogP) is 9.91. The lowest BCUT2D eigenvalue weighted by molar-refractivity contribution is -0.253. The van der Waals surface area contributed by atoms with E-state index < -0.39 is 12.5 Å². The largest absolute Gasteiger partial charge is 0.461 e. The zero-order chi connectivity index (χ0) is 34.4. The topological polar surface area (TPSA) is 48.8 Å². The average Bonchev–Trinajstić information content (AvgIpc) is 3.72. The summed E-state index contributed by atoms with van der Waals surface area (Å²) in [4.78, 5) is 8.57. The molecule has 49 heavy (non-hydrogen) atoms. The van der Waals surface area contributed by atoms with Gasteiger partial charge in [-0.05, 0) is 60.2 Å². The Hall–Kier alpha value is -4.48. The fraction of sp³-hybridized carbons (Fsp3) is 0.289. The summed E-state index contributed by atoms with van der Waals surface area (Å²) in [6.07, 6.45) is -4.60. The molecule has 0 N–H and O–H groups in total. The second kappa shape index (κ2) is 15.4. The molecular formula is C38H37F4N3O3S. The third-order valence-electron chi connectivity index (χ3n) is 8.21. The lowest BCUT2D eigenvalue weighted by Crippen LogP contribution is -2.33. The summed E-state index contributed by atoms with van der Waals surface area (Å²) in [5, 5.41) is 0. The summed E-state index contributed by atoms with van der Waals surface area (Å²) in [6, 6.07) is 30.1. The van der Waals surface area contributed by atoms with Crippen LogP contribution in [0.15, 0.2) is 102 Å². The van der Waals surface area contributed by atoms with Gasteiger partial charge in [-0.15, -0.1) is 11.8 Å². The summed E-state index contributed by atoms with van der Waals surface area (Å²) >= 11 is 1.66. The lowest BCUT2D eigenvalue weighted by Gasteiger charge is -2.25. The fourth-order valence-corrected chi connectivity index (χ4v) is 6.32. The first kappa shape index (κ1) is 34.4. The van der Waals surface area contributed by atoms with Gasteiger partial charge in [0.25, 0.3) is 0 Å². The lowest BCUT2D eigenvalue weighted by atomic mass is 10.1. The molecule has 0 amide bonds. The summed E-state index contributed by atoms with van der Waals surface area (Å²) in [5.74, 6) is 1.85. The van der Waals surface area contributed by atoms with E-state index in [1.54, 1.807) is 17.8 Å². The molecule has 256 valence electrons. The van der Waals surface area contributed by atoms with Crippen molar-refractivity contribution in [3.8, 4) is 39.9 Å². The highest BCUT2D eigenvalue weighted by atomic mass is 32.2. The summed E-state index contributed by atoms with van der Waals surface area (Å²) in [5.41, 5.74) is 5.42. The first-order chi connectivity index (χ1) is 23.7. The third-order valence-corrected chi connectivity index (χ3v) is 8.94. The van der Waals surface area contributed by atoms with Crippen LogP contribution in [0.3, 0.4) is 0 Å². The molecule has 0 fully saturated rings. The van der Waals surface area contributed by atoms with Crippen LogP contribution in [0, 0.1) is 0 Å². The van der Waals surface area contributed by atoms with Crippen LogP contribution in [-0.2, 0) is 26.2 Å². The Balaban J connectivity index is 1.44. The van der Waals surface area contributed by atoms with Crippen LogP contribution in [0.2, 0.25) is 0 Å². The highest BCUT2D eigenvalue weighted by Crippen LogP contribution is 2.36. The van der Waals surface area contributed by atoms with E-state index in [2.05, 4.69) is 51.5 Å². The minimum absolute atomic E-state index is 0.149. The van der Waals surface area contributed by atoms with E-state index in [9.17, 15) is 17.6 Å². The average molecular weight is 692 g/mol. The van der Waals surface area contributed by atoms with Crippen LogP contribution in [0.5, 0.6) is 17.2 Å². The van der Waals surface area contributed by atoms with Gasteiger partial charge in [-0.1, -0.05) is 74.0 Å². The van der Waals surface area contributed by atoms with Crippen LogP contribution < -0.4 is 14.2 Å².